The van der Waals surface area contributed by atoms with Crippen molar-refractivity contribution in [3.8, 4) is 0 Å². The molecular weight excluding hydrogens is 528 g/mol. The van der Waals surface area contributed by atoms with Gasteiger partial charge in [0.1, 0.15) is 0 Å². The molecule has 4 aliphatic rings. The van der Waals surface area contributed by atoms with E-state index in [1.165, 1.54) is 41.8 Å². The zero-order valence-corrected chi connectivity index (χ0v) is 26.6. The second-order valence-corrected chi connectivity index (χ2v) is 15.4. The first kappa shape index (κ1) is 28.4. The molecular formula is C39H46N2O2. The highest BCUT2D eigenvalue weighted by atomic mass is 16.1. The van der Waals surface area contributed by atoms with Crippen molar-refractivity contribution in [3.05, 3.63) is 94.0 Å². The lowest BCUT2D eigenvalue weighted by molar-refractivity contribution is -0.119. The molecule has 0 unspecified atom stereocenters. The minimum atomic E-state index is -0.305. The van der Waals surface area contributed by atoms with E-state index in [0.29, 0.717) is 18.9 Å². The molecule has 2 heterocycles. The number of ketones is 2. The van der Waals surface area contributed by atoms with Gasteiger partial charge >= 0.3 is 0 Å². The fourth-order valence-electron chi connectivity index (χ4n) is 8.73. The van der Waals surface area contributed by atoms with Crippen LogP contribution in [0.25, 0.3) is 10.9 Å². The Bertz CT molecular complexity index is 1640. The molecule has 4 nitrogen and oxygen atoms in total. The van der Waals surface area contributed by atoms with Crippen molar-refractivity contribution in [2.24, 2.45) is 10.8 Å². The van der Waals surface area contributed by atoms with Crippen LogP contribution in [0, 0.1) is 17.8 Å². The van der Waals surface area contributed by atoms with Crippen LogP contribution in [0.3, 0.4) is 0 Å². The van der Waals surface area contributed by atoms with E-state index < -0.39 is 0 Å². The predicted molar refractivity (Wildman–Crippen MR) is 174 cm³/mol. The standard InChI is InChI=1S/C39H46N2O2/c1-25-12-11-13-26(18-25)23-40-24-29(28-16-9-10-17-30(28)40)35-36-31(19-38(2,3)21-33(36)42)41(27-14-7-6-8-15-27)32-20-39(4,5)22-34(43)37(32)35/h9-13,16-18,24,27,35H,6-8,14-15,19-23H2,1-5H3. The monoisotopic (exact) mass is 574 g/mol. The number of fused-ring (bicyclic) bond motifs is 1. The summed E-state index contributed by atoms with van der Waals surface area (Å²) in [5.74, 6) is 0.161. The number of benzene rings is 2. The molecule has 0 spiro atoms. The molecule has 0 N–H and O–H groups in total. The van der Waals surface area contributed by atoms with E-state index in [9.17, 15) is 9.59 Å². The van der Waals surface area contributed by atoms with E-state index >= 15 is 0 Å². The van der Waals surface area contributed by atoms with E-state index in [1.54, 1.807) is 0 Å². The first-order valence-electron chi connectivity index (χ1n) is 16.5. The number of Topliss-reactive ketones (excluding diaryl/α,β-unsaturated/α-hetero) is 2. The van der Waals surface area contributed by atoms with Crippen molar-refractivity contribution < 1.29 is 9.59 Å². The highest BCUT2D eigenvalue weighted by Gasteiger charge is 2.50. The van der Waals surface area contributed by atoms with Crippen LogP contribution in [0.2, 0.25) is 0 Å². The molecule has 2 aromatic carbocycles. The molecule has 1 aromatic heterocycles. The van der Waals surface area contributed by atoms with Gasteiger partial charge in [0, 0.05) is 71.0 Å². The Morgan fingerprint density at radius 2 is 1.40 bits per heavy atom. The van der Waals surface area contributed by atoms with Gasteiger partial charge in [-0.1, -0.05) is 95.0 Å². The number of para-hydroxylation sites is 1. The van der Waals surface area contributed by atoms with Crippen LogP contribution >= 0.6 is 0 Å². The van der Waals surface area contributed by atoms with Gasteiger partial charge in [0.25, 0.3) is 0 Å². The second kappa shape index (κ2) is 10.4. The number of aryl methyl sites for hydroxylation is 1. The van der Waals surface area contributed by atoms with Gasteiger partial charge in [0.2, 0.25) is 0 Å². The van der Waals surface area contributed by atoms with Gasteiger partial charge in [-0.15, -0.1) is 0 Å². The highest BCUT2D eigenvalue weighted by molar-refractivity contribution is 6.08. The highest BCUT2D eigenvalue weighted by Crippen LogP contribution is 2.56. The third-order valence-electron chi connectivity index (χ3n) is 10.5. The molecule has 0 saturated heterocycles. The maximum absolute atomic E-state index is 14.4. The van der Waals surface area contributed by atoms with Crippen LogP contribution in [0.1, 0.15) is 108 Å². The largest absolute Gasteiger partial charge is 0.345 e. The van der Waals surface area contributed by atoms with Gasteiger partial charge in [-0.05, 0) is 60.6 Å². The Kier molecular flexibility index (Phi) is 6.83. The summed E-state index contributed by atoms with van der Waals surface area (Å²) in [5.41, 5.74) is 8.85. The van der Waals surface area contributed by atoms with Crippen LogP contribution in [0.4, 0.5) is 0 Å². The van der Waals surface area contributed by atoms with E-state index in [2.05, 4.69) is 98.8 Å². The summed E-state index contributed by atoms with van der Waals surface area (Å²) >= 11 is 0. The number of carbonyl (C=O) groups is 2. The Balaban J connectivity index is 1.47. The van der Waals surface area contributed by atoms with Crippen LogP contribution < -0.4 is 0 Å². The Labute approximate surface area is 256 Å². The van der Waals surface area contributed by atoms with Gasteiger partial charge in [-0.3, -0.25) is 9.59 Å². The Morgan fingerprint density at radius 3 is 2.02 bits per heavy atom. The van der Waals surface area contributed by atoms with Crippen molar-refractivity contribution in [2.75, 3.05) is 0 Å². The van der Waals surface area contributed by atoms with Crippen LogP contribution in [0.5, 0.6) is 0 Å². The summed E-state index contributed by atoms with van der Waals surface area (Å²) in [4.78, 5) is 31.4. The van der Waals surface area contributed by atoms with Crippen LogP contribution in [-0.2, 0) is 16.1 Å². The molecule has 3 aromatic rings. The smallest absolute Gasteiger partial charge is 0.162 e. The molecule has 1 fully saturated rings. The molecule has 7 rings (SSSR count). The summed E-state index contributed by atoms with van der Waals surface area (Å²) in [7, 11) is 0. The van der Waals surface area contributed by atoms with Crippen molar-refractivity contribution in [3.63, 3.8) is 0 Å². The predicted octanol–water partition coefficient (Wildman–Crippen LogP) is 9.02. The van der Waals surface area contributed by atoms with Gasteiger partial charge < -0.3 is 9.47 Å². The molecule has 224 valence electrons. The number of hydrogen-bond donors (Lipinski definition) is 0. The number of hydrogen-bond acceptors (Lipinski definition) is 3. The first-order chi connectivity index (χ1) is 20.5. The molecule has 0 radical (unpaired) electrons. The summed E-state index contributed by atoms with van der Waals surface area (Å²) in [6.45, 7) is 11.9. The van der Waals surface area contributed by atoms with Gasteiger partial charge in [0.05, 0.1) is 0 Å². The normalized spacial score (nSPS) is 22.8. The summed E-state index contributed by atoms with van der Waals surface area (Å²) in [5, 5.41) is 1.15. The van der Waals surface area contributed by atoms with E-state index in [0.717, 1.165) is 59.8 Å². The molecule has 0 amide bonds. The number of allylic oxidation sites excluding steroid dienone is 4. The fourth-order valence-corrected chi connectivity index (χ4v) is 8.73. The lowest BCUT2D eigenvalue weighted by Crippen LogP contribution is -2.48. The molecule has 3 aliphatic carbocycles. The van der Waals surface area contributed by atoms with Crippen LogP contribution in [0.15, 0.2) is 77.3 Å². The summed E-state index contributed by atoms with van der Waals surface area (Å²) < 4.78 is 2.34. The average molecular weight is 575 g/mol. The maximum Gasteiger partial charge on any atom is 0.162 e. The lowest BCUT2D eigenvalue weighted by Gasteiger charge is -2.52. The lowest BCUT2D eigenvalue weighted by atomic mass is 9.63. The van der Waals surface area contributed by atoms with E-state index in [-0.39, 0.29) is 28.3 Å². The quantitative estimate of drug-likeness (QED) is 0.312. The summed E-state index contributed by atoms with van der Waals surface area (Å²) in [6.07, 6.45) is 11.1. The first-order valence-corrected chi connectivity index (χ1v) is 16.5. The third kappa shape index (κ3) is 5.01. The van der Waals surface area contributed by atoms with Crippen molar-refractivity contribution in [1.82, 2.24) is 9.47 Å². The second-order valence-electron chi connectivity index (χ2n) is 15.4. The van der Waals surface area contributed by atoms with Crippen molar-refractivity contribution in [2.45, 2.75) is 111 Å². The van der Waals surface area contributed by atoms with Gasteiger partial charge in [-0.2, -0.15) is 0 Å². The van der Waals surface area contributed by atoms with Crippen molar-refractivity contribution in [1.29, 1.82) is 0 Å². The van der Waals surface area contributed by atoms with E-state index in [1.807, 2.05) is 0 Å². The summed E-state index contributed by atoms with van der Waals surface area (Å²) in [6, 6.07) is 17.6. The minimum Gasteiger partial charge on any atom is -0.345 e. The zero-order valence-electron chi connectivity index (χ0n) is 26.6. The number of carbonyl (C=O) groups excluding carboxylic acids is 2. The minimum absolute atomic E-state index is 0.0984. The van der Waals surface area contributed by atoms with Crippen molar-refractivity contribution >= 4 is 22.5 Å². The average Bonchev–Trinajstić information content (AvgIpc) is 3.29. The number of nitrogens with zero attached hydrogens (tertiary/aromatic N) is 2. The zero-order chi connectivity index (χ0) is 30.1. The molecule has 4 heteroatoms. The van der Waals surface area contributed by atoms with Crippen LogP contribution in [-0.4, -0.2) is 27.1 Å². The Hall–Kier alpha value is -3.40. The SMILES string of the molecule is Cc1cccc(Cn2cc(C3C4=C(CC(C)(C)CC4=O)N(C4CCCCC4)C4=C3C(=O)CC(C)(C)C4)c3ccccc32)c1. The van der Waals surface area contributed by atoms with Gasteiger partial charge in [-0.25, -0.2) is 0 Å². The Morgan fingerprint density at radius 1 is 0.767 bits per heavy atom. The van der Waals surface area contributed by atoms with Gasteiger partial charge in [0.15, 0.2) is 11.6 Å². The third-order valence-corrected chi connectivity index (χ3v) is 10.5. The molecule has 43 heavy (non-hydrogen) atoms. The fraction of sp³-hybridized carbons (Fsp3) is 0.487. The molecule has 0 bridgehead atoms. The molecule has 0 atom stereocenters. The number of rotatable bonds is 4. The van der Waals surface area contributed by atoms with E-state index in [4.69, 9.17) is 0 Å². The molecule has 1 aliphatic heterocycles. The number of aromatic nitrogens is 1. The maximum atomic E-state index is 14.4. The molecule has 1 saturated carbocycles. The topological polar surface area (TPSA) is 42.3 Å².